The zero-order valence-corrected chi connectivity index (χ0v) is 21.8. The number of halogens is 2. The van der Waals surface area contributed by atoms with Crippen molar-refractivity contribution >= 4 is 35.0 Å². The molecule has 3 aliphatic rings. The van der Waals surface area contributed by atoms with Gasteiger partial charge in [0.05, 0.1) is 16.1 Å². The highest BCUT2D eigenvalue weighted by Crippen LogP contribution is 2.32. The monoisotopic (exact) mass is 514 g/mol. The van der Waals surface area contributed by atoms with Gasteiger partial charge in [-0.25, -0.2) is 0 Å². The first-order chi connectivity index (χ1) is 16.8. The van der Waals surface area contributed by atoms with Crippen molar-refractivity contribution in [1.29, 1.82) is 0 Å². The highest BCUT2D eigenvalue weighted by Gasteiger charge is 2.38. The number of carbonyl (C=O) groups excluding carboxylic acids is 2. The number of likely N-dealkylation sites (tertiary alicyclic amines) is 1. The lowest BCUT2D eigenvalue weighted by Gasteiger charge is -2.42. The van der Waals surface area contributed by atoms with Gasteiger partial charge in [-0.2, -0.15) is 0 Å². The molecule has 2 aromatic rings. The Bertz CT molecular complexity index is 1120. The van der Waals surface area contributed by atoms with Crippen molar-refractivity contribution in [2.75, 3.05) is 39.3 Å². The molecule has 3 atom stereocenters. The minimum atomic E-state index is -0.266. The molecule has 3 saturated heterocycles. The highest BCUT2D eigenvalue weighted by atomic mass is 35.5. The molecule has 35 heavy (non-hydrogen) atoms. The van der Waals surface area contributed by atoms with Crippen molar-refractivity contribution in [3.63, 3.8) is 0 Å². The van der Waals surface area contributed by atoms with Gasteiger partial charge in [0.15, 0.2) is 0 Å². The van der Waals surface area contributed by atoms with Gasteiger partial charge in [0.1, 0.15) is 0 Å². The Balaban J connectivity index is 1.34. The van der Waals surface area contributed by atoms with Crippen molar-refractivity contribution in [1.82, 2.24) is 20.0 Å². The molecule has 3 heterocycles. The molecule has 186 valence electrons. The number of amides is 2. The van der Waals surface area contributed by atoms with E-state index in [1.54, 1.807) is 6.07 Å². The van der Waals surface area contributed by atoms with Crippen molar-refractivity contribution in [2.45, 2.75) is 44.8 Å². The average Bonchev–Trinajstić information content (AvgIpc) is 3.46. The third-order valence-corrected chi connectivity index (χ3v) is 8.31. The third-order valence-electron chi connectivity index (χ3n) is 7.57. The average molecular weight is 515 g/mol. The van der Waals surface area contributed by atoms with Crippen LogP contribution in [0.25, 0.3) is 0 Å². The van der Waals surface area contributed by atoms with Crippen LogP contribution in [0.5, 0.6) is 0 Å². The fourth-order valence-corrected chi connectivity index (χ4v) is 6.16. The van der Waals surface area contributed by atoms with E-state index in [9.17, 15) is 9.59 Å². The van der Waals surface area contributed by atoms with Crippen molar-refractivity contribution < 1.29 is 9.59 Å². The zero-order chi connectivity index (χ0) is 24.7. The molecule has 2 bridgehead atoms. The van der Waals surface area contributed by atoms with Gasteiger partial charge in [0, 0.05) is 63.3 Å². The summed E-state index contributed by atoms with van der Waals surface area (Å²) in [6.45, 7) is 8.24. The molecule has 5 rings (SSSR count). The van der Waals surface area contributed by atoms with Crippen molar-refractivity contribution in [3.05, 3.63) is 68.7 Å². The Morgan fingerprint density at radius 2 is 1.77 bits per heavy atom. The number of benzene rings is 2. The van der Waals surface area contributed by atoms with E-state index in [0.29, 0.717) is 53.7 Å². The molecule has 2 aromatic carbocycles. The van der Waals surface area contributed by atoms with E-state index in [1.165, 1.54) is 6.42 Å². The van der Waals surface area contributed by atoms with Crippen LogP contribution in [0.2, 0.25) is 10.0 Å². The molecule has 0 aliphatic carbocycles. The molecule has 0 saturated carbocycles. The Morgan fingerprint density at radius 3 is 2.43 bits per heavy atom. The molecule has 0 aromatic heterocycles. The predicted molar refractivity (Wildman–Crippen MR) is 139 cm³/mol. The lowest BCUT2D eigenvalue weighted by atomic mass is 10.00. The van der Waals surface area contributed by atoms with Gasteiger partial charge in [-0.1, -0.05) is 46.5 Å². The summed E-state index contributed by atoms with van der Waals surface area (Å²) in [7, 11) is 0. The van der Waals surface area contributed by atoms with Crippen LogP contribution in [0, 0.1) is 13.8 Å². The molecule has 3 aliphatic heterocycles. The first-order valence-electron chi connectivity index (χ1n) is 12.4. The zero-order valence-electron chi connectivity index (χ0n) is 20.3. The van der Waals surface area contributed by atoms with Crippen molar-refractivity contribution in [3.8, 4) is 0 Å². The van der Waals surface area contributed by atoms with Crippen LogP contribution in [0.4, 0.5) is 0 Å². The quantitative estimate of drug-likeness (QED) is 0.653. The Morgan fingerprint density at radius 1 is 1.00 bits per heavy atom. The Hall–Kier alpha value is -2.12. The van der Waals surface area contributed by atoms with E-state index in [-0.39, 0.29) is 17.9 Å². The minimum absolute atomic E-state index is 0.00505. The molecular weight excluding hydrogens is 483 g/mol. The smallest absolute Gasteiger partial charge is 0.254 e. The SMILES string of the molecule is Cc1cc(C)cc(C(=O)N2CCN(C(=O)CCN3C[C@@H]4CC3CN4)C(c3ccc(Cl)c(Cl)c3)C2)c1. The van der Waals surface area contributed by atoms with Gasteiger partial charge in [0.25, 0.3) is 5.91 Å². The predicted octanol–water partition coefficient (Wildman–Crippen LogP) is 4.07. The van der Waals surface area contributed by atoms with Crippen LogP contribution in [-0.4, -0.2) is 77.9 Å². The number of nitrogens with one attached hydrogen (secondary N) is 1. The topological polar surface area (TPSA) is 55.9 Å². The van der Waals surface area contributed by atoms with Crippen LogP contribution >= 0.6 is 23.2 Å². The second kappa shape index (κ2) is 10.1. The number of piperazine rings is 2. The molecular formula is C27H32Cl2N4O2. The van der Waals surface area contributed by atoms with Crippen LogP contribution < -0.4 is 5.32 Å². The van der Waals surface area contributed by atoms with Crippen LogP contribution in [-0.2, 0) is 4.79 Å². The Kier molecular flexibility index (Phi) is 7.09. The molecule has 0 spiro atoms. The maximum Gasteiger partial charge on any atom is 0.254 e. The summed E-state index contributed by atoms with van der Waals surface area (Å²) in [5, 5.41) is 4.44. The minimum Gasteiger partial charge on any atom is -0.334 e. The normalized spacial score (nSPS) is 24.3. The fraction of sp³-hybridized carbons (Fsp3) is 0.481. The number of rotatable bonds is 5. The van der Waals surface area contributed by atoms with E-state index in [1.807, 2.05) is 47.9 Å². The molecule has 3 fully saturated rings. The summed E-state index contributed by atoms with van der Waals surface area (Å²) < 4.78 is 0. The number of fused-ring (bicyclic) bond motifs is 2. The molecule has 2 unspecified atom stereocenters. The number of carbonyl (C=O) groups is 2. The van der Waals surface area contributed by atoms with Crippen LogP contribution in [0.1, 0.15) is 45.9 Å². The van der Waals surface area contributed by atoms with E-state index in [4.69, 9.17) is 23.2 Å². The second-order valence-electron chi connectivity index (χ2n) is 10.1. The third kappa shape index (κ3) is 5.21. The van der Waals surface area contributed by atoms with E-state index in [0.717, 1.165) is 36.3 Å². The number of hydrogen-bond donors (Lipinski definition) is 1. The second-order valence-corrected chi connectivity index (χ2v) is 11.0. The maximum absolute atomic E-state index is 13.5. The Labute approximate surface area is 217 Å². The lowest BCUT2D eigenvalue weighted by molar-refractivity contribution is -0.136. The summed E-state index contributed by atoms with van der Waals surface area (Å²) in [6, 6.07) is 12.3. The molecule has 2 amide bonds. The van der Waals surface area contributed by atoms with Gasteiger partial charge < -0.3 is 15.1 Å². The summed E-state index contributed by atoms with van der Waals surface area (Å²) >= 11 is 12.5. The maximum atomic E-state index is 13.5. The first-order valence-corrected chi connectivity index (χ1v) is 13.1. The molecule has 8 heteroatoms. The number of nitrogens with zero attached hydrogens (tertiary/aromatic N) is 3. The standard InChI is InChI=1S/C27H32Cl2N4O2/c1-17-9-18(2)11-20(10-17)27(35)32-7-8-33(25(16-32)19-3-4-23(28)24(29)12-19)26(34)5-6-31-15-21-13-22(31)14-30-21/h3-4,9-12,21-22,25,30H,5-8,13-16H2,1-2H3/t21-,22?,25?/m0/s1. The largest absolute Gasteiger partial charge is 0.334 e. The highest BCUT2D eigenvalue weighted by molar-refractivity contribution is 6.42. The summed E-state index contributed by atoms with van der Waals surface area (Å²) in [4.78, 5) is 33.1. The van der Waals surface area contributed by atoms with Crippen LogP contribution in [0.15, 0.2) is 36.4 Å². The van der Waals surface area contributed by atoms with Gasteiger partial charge in [0.2, 0.25) is 5.91 Å². The van der Waals surface area contributed by atoms with Gasteiger partial charge in [-0.15, -0.1) is 0 Å². The van der Waals surface area contributed by atoms with E-state index < -0.39 is 0 Å². The number of hydrogen-bond acceptors (Lipinski definition) is 4. The van der Waals surface area contributed by atoms with E-state index >= 15 is 0 Å². The van der Waals surface area contributed by atoms with Crippen molar-refractivity contribution in [2.24, 2.45) is 0 Å². The fourth-order valence-electron chi connectivity index (χ4n) is 5.86. The summed E-state index contributed by atoms with van der Waals surface area (Å²) in [5.74, 6) is 0.116. The van der Waals surface area contributed by atoms with Crippen LogP contribution in [0.3, 0.4) is 0 Å². The van der Waals surface area contributed by atoms with Gasteiger partial charge in [-0.05, 0) is 50.1 Å². The first kappa shape index (κ1) is 24.6. The number of aryl methyl sites for hydroxylation is 2. The lowest BCUT2D eigenvalue weighted by Crippen LogP contribution is -2.53. The molecule has 0 radical (unpaired) electrons. The molecule has 1 N–H and O–H groups in total. The summed E-state index contributed by atoms with van der Waals surface area (Å²) in [6.07, 6.45) is 1.66. The molecule has 6 nitrogen and oxygen atoms in total. The van der Waals surface area contributed by atoms with Gasteiger partial charge >= 0.3 is 0 Å². The van der Waals surface area contributed by atoms with Gasteiger partial charge in [-0.3, -0.25) is 14.5 Å². The summed E-state index contributed by atoms with van der Waals surface area (Å²) in [5.41, 5.74) is 3.71. The van der Waals surface area contributed by atoms with E-state index in [2.05, 4.69) is 16.3 Å².